The number of halogens is 9. The van der Waals surface area contributed by atoms with Gasteiger partial charge in [-0.1, -0.05) is 34.9 Å². The maximum atomic E-state index is 13.6. The summed E-state index contributed by atoms with van der Waals surface area (Å²) in [4.78, 5) is 105. The summed E-state index contributed by atoms with van der Waals surface area (Å²) in [6, 6.07) is 40.5. The molecule has 0 radical (unpaired) electrons. The Morgan fingerprint density at radius 2 is 0.755 bits per heavy atom. The third kappa shape index (κ3) is 19.7. The predicted molar refractivity (Wildman–Crippen MR) is 497 cm³/mol. The molecule has 6 aliphatic heterocycles. The summed E-state index contributed by atoms with van der Waals surface area (Å²) in [5, 5.41) is 28.7. The summed E-state index contributed by atoms with van der Waals surface area (Å²) < 4.78 is 162. The molecule has 37 heteroatoms. The van der Waals surface area contributed by atoms with Crippen LogP contribution in [0, 0.1) is 27.7 Å². The molecule has 28 nitrogen and oxygen atoms in total. The number of aromatic nitrogens is 7. The summed E-state index contributed by atoms with van der Waals surface area (Å²) >= 11 is 0. The van der Waals surface area contributed by atoms with Crippen molar-refractivity contribution < 1.29 is 112 Å². The molecule has 3 amide bonds. The second kappa shape index (κ2) is 38.5. The third-order valence-electron chi connectivity index (χ3n) is 26.2. The van der Waals surface area contributed by atoms with E-state index in [-0.39, 0.29) is 53.3 Å². The highest BCUT2D eigenvalue weighted by Gasteiger charge is 2.47. The van der Waals surface area contributed by atoms with E-state index in [1.165, 1.54) is 32.6 Å². The lowest BCUT2D eigenvalue weighted by molar-refractivity contribution is -0.138. The average molecular weight is 1920 g/mol. The van der Waals surface area contributed by atoms with Gasteiger partial charge in [-0.2, -0.15) is 39.5 Å². The van der Waals surface area contributed by atoms with Gasteiger partial charge in [0.25, 0.3) is 0 Å². The number of alkyl halides is 9. The Morgan fingerprint density at radius 1 is 0.410 bits per heavy atom. The van der Waals surface area contributed by atoms with Gasteiger partial charge in [0.05, 0.1) is 110 Å². The monoisotopic (exact) mass is 1920 g/mol. The number of carbonyl (C=O) groups is 6. The molecule has 6 atom stereocenters. The van der Waals surface area contributed by atoms with Crippen LogP contribution in [0.15, 0.2) is 170 Å². The summed E-state index contributed by atoms with van der Waals surface area (Å²) in [5.74, 6) is 1.11. The fraction of sp³-hybridized carbons (Fsp3) is 0.333. The fourth-order valence-corrected chi connectivity index (χ4v) is 18.5. The van der Waals surface area contributed by atoms with E-state index in [1.807, 2.05) is 79.7 Å². The van der Waals surface area contributed by atoms with Crippen LogP contribution in [0.25, 0.3) is 67.3 Å². The highest BCUT2D eigenvalue weighted by atomic mass is 19.4. The summed E-state index contributed by atoms with van der Waals surface area (Å²) in [5.41, 5.74) is 10.1. The molecule has 6 aromatic carbocycles. The van der Waals surface area contributed by atoms with Crippen molar-refractivity contribution in [2.75, 3.05) is 75.3 Å². The van der Waals surface area contributed by atoms with E-state index in [4.69, 9.17) is 43.4 Å². The van der Waals surface area contributed by atoms with E-state index in [9.17, 15) is 83.6 Å². The summed E-state index contributed by atoms with van der Waals surface area (Å²) in [6.07, 6.45) is -12.4. The van der Waals surface area contributed by atoms with Crippen LogP contribution in [0.2, 0.25) is 0 Å². The SMILES string of the molecule is COc1ccc(-c2c(C)cc(C(=O)O)n2C)cc1-c1ccc(N2CCC2)nc1CN1C(=O)O[C@H](c2cc(C)cc(C(F)(F)F)c2)[C@@H]1C.COc1ccc(-c2cc(C(=O)O)cn2C)cc1-c1ccc(N2CCC2)nc1CN1C(=O)O[C@H](c2cc(C)cc(C(F)(F)F)c2)[C@@H]1C.COc1ccc(-c2ncc(C(=O)O)n2C)cc1-c1ccc(N2CCC2)nc1CN1C(=O)O[C@H](c2cc(C)cc(C(F)(F)F)c2)[C@@H]1C. The molecule has 139 heavy (non-hydrogen) atoms. The zero-order valence-corrected chi connectivity index (χ0v) is 78.1. The first-order chi connectivity index (χ1) is 65.9. The maximum Gasteiger partial charge on any atom is 0.416 e. The molecule has 6 saturated heterocycles. The zero-order chi connectivity index (χ0) is 99.6. The molecule has 726 valence electrons. The Balaban J connectivity index is 0.000000151. The normalized spacial score (nSPS) is 18.0. The Bertz CT molecular complexity index is 6610. The molecule has 0 saturated carbocycles. The van der Waals surface area contributed by atoms with Crippen LogP contribution in [0.1, 0.15) is 162 Å². The fourth-order valence-electron chi connectivity index (χ4n) is 18.5. The molecule has 12 heterocycles. The Kier molecular flexibility index (Phi) is 26.9. The average Bonchev–Trinajstić information content (AvgIpc) is 1.74. The number of methoxy groups -OCH3 is 3. The van der Waals surface area contributed by atoms with Crippen molar-refractivity contribution in [3.8, 4) is 84.5 Å². The van der Waals surface area contributed by atoms with Crippen molar-refractivity contribution in [3.63, 3.8) is 0 Å². The summed E-state index contributed by atoms with van der Waals surface area (Å²) in [6.45, 7) is 17.0. The van der Waals surface area contributed by atoms with Gasteiger partial charge < -0.3 is 72.1 Å². The van der Waals surface area contributed by atoms with E-state index < -0.39 is 108 Å². The number of pyridine rings is 3. The minimum atomic E-state index is -4.54. The largest absolute Gasteiger partial charge is 0.496 e. The number of carboxylic acid groups (broad SMARTS) is 3. The molecule has 0 unspecified atom stereocenters. The van der Waals surface area contributed by atoms with Gasteiger partial charge in [-0.25, -0.2) is 48.7 Å². The van der Waals surface area contributed by atoms with Crippen LogP contribution in [-0.2, 0) is 73.5 Å². The number of hydrogen-bond donors (Lipinski definition) is 3. The third-order valence-corrected chi connectivity index (χ3v) is 26.2. The molecule has 3 N–H and O–H groups in total. The number of nitrogens with zero attached hydrogens (tertiary/aromatic N) is 13. The molecule has 0 spiro atoms. The molecule has 12 aromatic rings. The highest BCUT2D eigenvalue weighted by Crippen LogP contribution is 2.48. The van der Waals surface area contributed by atoms with Crippen LogP contribution in [0.3, 0.4) is 0 Å². The molecular formula is C102H100F9N13O15. The second-order valence-electron chi connectivity index (χ2n) is 35.5. The molecule has 6 aromatic heterocycles. The van der Waals surface area contributed by atoms with Gasteiger partial charge in [0.2, 0.25) is 0 Å². The molecule has 0 bridgehead atoms. The lowest BCUT2D eigenvalue weighted by Gasteiger charge is -2.33. The number of amides is 3. The van der Waals surface area contributed by atoms with Crippen LogP contribution < -0.4 is 28.9 Å². The van der Waals surface area contributed by atoms with Gasteiger partial charge in [0.15, 0.2) is 0 Å². The van der Waals surface area contributed by atoms with Crippen LogP contribution in [0.5, 0.6) is 17.2 Å². The molecule has 0 aliphatic carbocycles. The molecule has 18 rings (SSSR count). The number of imidazole rings is 1. The van der Waals surface area contributed by atoms with Crippen molar-refractivity contribution in [1.82, 2.24) is 48.3 Å². The smallest absolute Gasteiger partial charge is 0.416 e. The van der Waals surface area contributed by atoms with Gasteiger partial charge >= 0.3 is 54.7 Å². The number of ether oxygens (including phenoxy) is 6. The van der Waals surface area contributed by atoms with Gasteiger partial charge in [0.1, 0.15) is 70.2 Å². The topological polar surface area (TPSA) is 304 Å². The van der Waals surface area contributed by atoms with Crippen molar-refractivity contribution in [3.05, 3.63) is 260 Å². The predicted octanol–water partition coefficient (Wildman–Crippen LogP) is 20.9. The van der Waals surface area contributed by atoms with E-state index >= 15 is 0 Å². The first kappa shape index (κ1) is 97.0. The number of benzene rings is 6. The quantitative estimate of drug-likeness (QED) is 0.0374. The van der Waals surface area contributed by atoms with E-state index in [0.717, 1.165) is 135 Å². The van der Waals surface area contributed by atoms with E-state index in [0.29, 0.717) is 101 Å². The number of hydrogen-bond acceptors (Lipinski definition) is 19. The summed E-state index contributed by atoms with van der Waals surface area (Å²) in [7, 11) is 9.72. The standard InChI is InChI=1S/C35H35F3N4O5.C34H33F3N4O5.C33H32F3N5O5/c1-19-13-23(16-24(14-19)35(36,37)38)32-21(3)42(34(45)47-32)18-27-25(8-10-30(39-27)41-11-6-12-41)26-17-22(7-9-29(26)46-5)31-20(2)15-28(33(43)44)40(31)4;1-19-12-22(14-24(13-19)34(35,36)37)31-20(2)41(33(44)46-31)18-27-25(7-9-30(38-27)40-10-5-11-40)26-15-21(6-8-29(26)45-4)28-16-23(32(42)43)17-39(28)3;1-18-12-21(14-22(13-18)33(34,35)36)29-19(2)41(32(44)46-29)17-25-23(7-9-28(38-25)40-10-5-11-40)24-15-20(6-8-27(24)45-4)30-37-16-26(31(42)43)39(30)3/h7-10,13-17,21,32H,6,11-12,18H2,1-5H3,(H,43,44);6-9,12-17,20,31H,5,10-11,18H2,1-4H3,(H,42,43);6-9,12-16,19,29H,5,10-11,17H2,1-4H3,(H,42,43)/t21-,32-;20-,31-;19-,29-/m000/s1. The Labute approximate surface area is 793 Å². The lowest BCUT2D eigenvalue weighted by atomic mass is 9.96. The number of aryl methyl sites for hydroxylation is 5. The van der Waals surface area contributed by atoms with Crippen molar-refractivity contribution in [1.29, 1.82) is 0 Å². The van der Waals surface area contributed by atoms with Gasteiger partial charge in [-0.3, -0.25) is 14.7 Å². The Morgan fingerprint density at radius 3 is 1.06 bits per heavy atom. The van der Waals surface area contributed by atoms with E-state index in [2.05, 4.69) is 19.7 Å². The number of anilines is 3. The van der Waals surface area contributed by atoms with Crippen LogP contribution >= 0.6 is 0 Å². The number of carboxylic acids is 3. The number of rotatable bonds is 24. The lowest BCUT2D eigenvalue weighted by Crippen LogP contribution is -2.38. The molecule has 6 aliphatic rings. The number of carbonyl (C=O) groups excluding carboxylic acids is 3. The first-order valence-corrected chi connectivity index (χ1v) is 44.8. The van der Waals surface area contributed by atoms with Gasteiger partial charge in [0, 0.05) is 111 Å². The van der Waals surface area contributed by atoms with Crippen LogP contribution in [0.4, 0.5) is 71.4 Å². The molecule has 6 fully saturated rings. The van der Waals surface area contributed by atoms with Crippen molar-refractivity contribution in [2.24, 2.45) is 21.1 Å². The number of aromatic carboxylic acids is 3. The Hall–Kier alpha value is -15.1. The van der Waals surface area contributed by atoms with Crippen LogP contribution in [-0.4, -0.2) is 179 Å². The van der Waals surface area contributed by atoms with E-state index in [1.54, 1.807) is 141 Å². The van der Waals surface area contributed by atoms with Crippen molar-refractivity contribution in [2.45, 2.75) is 142 Å². The number of cyclic esters (lactones) is 3. The van der Waals surface area contributed by atoms with Gasteiger partial charge in [-0.05, 0) is 241 Å². The minimum Gasteiger partial charge on any atom is -0.496 e. The second-order valence-corrected chi connectivity index (χ2v) is 35.5. The van der Waals surface area contributed by atoms with Crippen molar-refractivity contribution >= 4 is 53.6 Å². The highest BCUT2D eigenvalue weighted by molar-refractivity contribution is 5.92. The first-order valence-electron chi connectivity index (χ1n) is 44.8. The minimum absolute atomic E-state index is 0.0183. The maximum absolute atomic E-state index is 13.6. The zero-order valence-electron chi connectivity index (χ0n) is 78.1. The van der Waals surface area contributed by atoms with Gasteiger partial charge in [-0.15, -0.1) is 0 Å². The molecular weight excluding hydrogens is 1820 g/mol.